The number of carbonyl (C=O) groups is 2. The van der Waals surface area contributed by atoms with Crippen LogP contribution < -0.4 is 5.32 Å². The zero-order valence-corrected chi connectivity index (χ0v) is 13.8. The van der Waals surface area contributed by atoms with E-state index in [4.69, 9.17) is 16.7 Å². The molecule has 0 saturated carbocycles. The highest BCUT2D eigenvalue weighted by molar-refractivity contribution is 7.98. The first-order chi connectivity index (χ1) is 9.90. The predicted molar refractivity (Wildman–Crippen MR) is 87.7 cm³/mol. The Bertz CT molecular complexity index is 525. The van der Waals surface area contributed by atoms with Crippen molar-refractivity contribution >= 4 is 41.1 Å². The Kier molecular flexibility index (Phi) is 6.84. The number of benzene rings is 1. The van der Waals surface area contributed by atoms with Gasteiger partial charge in [0, 0.05) is 23.9 Å². The smallest absolute Gasteiger partial charge is 0.337 e. The minimum Gasteiger partial charge on any atom is -0.478 e. The Labute approximate surface area is 133 Å². The largest absolute Gasteiger partial charge is 0.478 e. The van der Waals surface area contributed by atoms with E-state index in [1.165, 1.54) is 12.1 Å². The summed E-state index contributed by atoms with van der Waals surface area (Å²) >= 11 is 7.45. The summed E-state index contributed by atoms with van der Waals surface area (Å²) in [6.45, 7) is 2.01. The van der Waals surface area contributed by atoms with Crippen molar-refractivity contribution in [3.8, 4) is 0 Å². The molecule has 0 aliphatic rings. The molecule has 0 fully saturated rings. The molecule has 7 heteroatoms. The molecule has 0 spiro atoms. The lowest BCUT2D eigenvalue weighted by atomic mass is 10.2. The first kappa shape index (κ1) is 17.7. The summed E-state index contributed by atoms with van der Waals surface area (Å²) in [4.78, 5) is 25.0. The maximum atomic E-state index is 12.2. The highest BCUT2D eigenvalue weighted by atomic mass is 35.5. The number of nitrogens with zero attached hydrogens (tertiary/aromatic N) is 1. The van der Waals surface area contributed by atoms with E-state index in [2.05, 4.69) is 5.32 Å². The molecule has 1 aromatic carbocycles. The van der Waals surface area contributed by atoms with Gasteiger partial charge in [0.2, 0.25) is 0 Å². The fraction of sp³-hybridized carbons (Fsp3) is 0.429. The van der Waals surface area contributed by atoms with E-state index in [1.54, 1.807) is 29.8 Å². The van der Waals surface area contributed by atoms with E-state index >= 15 is 0 Å². The number of nitrogens with one attached hydrogen (secondary N) is 1. The number of urea groups is 1. The molecule has 2 N–H and O–H groups in total. The summed E-state index contributed by atoms with van der Waals surface area (Å²) in [6, 6.07) is 4.12. The summed E-state index contributed by atoms with van der Waals surface area (Å²) in [5, 5.41) is 12.1. The van der Waals surface area contributed by atoms with Gasteiger partial charge in [-0.1, -0.05) is 18.5 Å². The standard InChI is InChI=1S/C14H19ClN2O3S/c1-4-10(8-21-3)17(2)14(20)16-12-6-5-9(15)7-11(12)13(18)19/h5-7,10H,4,8H2,1-3H3,(H,16,20)(H,18,19). The number of carboxylic acids is 1. The molecule has 1 aromatic rings. The van der Waals surface area contributed by atoms with E-state index in [0.717, 1.165) is 12.2 Å². The van der Waals surface area contributed by atoms with Crippen LogP contribution in [0.3, 0.4) is 0 Å². The van der Waals surface area contributed by atoms with Crippen LogP contribution in [0.15, 0.2) is 18.2 Å². The van der Waals surface area contributed by atoms with Gasteiger partial charge in [-0.05, 0) is 30.9 Å². The van der Waals surface area contributed by atoms with Gasteiger partial charge in [0.25, 0.3) is 0 Å². The summed E-state index contributed by atoms with van der Waals surface area (Å²) in [7, 11) is 1.70. The molecule has 0 radical (unpaired) electrons. The molecule has 0 heterocycles. The fourth-order valence-electron chi connectivity index (χ4n) is 1.87. The van der Waals surface area contributed by atoms with Crippen LogP contribution in [0.25, 0.3) is 0 Å². The molecule has 0 saturated heterocycles. The van der Waals surface area contributed by atoms with Crippen molar-refractivity contribution in [2.24, 2.45) is 0 Å². The molecule has 0 aliphatic heterocycles. The number of carboxylic acid groups (broad SMARTS) is 1. The van der Waals surface area contributed by atoms with Gasteiger partial charge in [0.05, 0.1) is 11.3 Å². The zero-order chi connectivity index (χ0) is 16.0. The molecule has 0 aliphatic carbocycles. The molecule has 0 bridgehead atoms. The number of thioether (sulfide) groups is 1. The molecule has 0 aromatic heterocycles. The van der Waals surface area contributed by atoms with Crippen molar-refractivity contribution in [3.63, 3.8) is 0 Å². The number of aromatic carboxylic acids is 1. The first-order valence-electron chi connectivity index (χ1n) is 6.46. The Morgan fingerprint density at radius 3 is 2.67 bits per heavy atom. The second-order valence-electron chi connectivity index (χ2n) is 4.55. The van der Waals surface area contributed by atoms with E-state index in [1.807, 2.05) is 13.2 Å². The number of hydrogen-bond donors (Lipinski definition) is 2. The van der Waals surface area contributed by atoms with Gasteiger partial charge >= 0.3 is 12.0 Å². The lowest BCUT2D eigenvalue weighted by Gasteiger charge is -2.27. The molecule has 1 unspecified atom stereocenters. The van der Waals surface area contributed by atoms with E-state index in [-0.39, 0.29) is 23.3 Å². The predicted octanol–water partition coefficient (Wildman–Crippen LogP) is 3.64. The van der Waals surface area contributed by atoms with Gasteiger partial charge in [-0.25, -0.2) is 9.59 Å². The van der Waals surface area contributed by atoms with Crippen LogP contribution in [0.1, 0.15) is 23.7 Å². The maximum Gasteiger partial charge on any atom is 0.337 e. The van der Waals surface area contributed by atoms with Gasteiger partial charge in [-0.15, -0.1) is 0 Å². The van der Waals surface area contributed by atoms with Crippen LogP contribution in [-0.4, -0.2) is 47.1 Å². The zero-order valence-electron chi connectivity index (χ0n) is 12.2. The summed E-state index contributed by atoms with van der Waals surface area (Å²) in [6.07, 6.45) is 2.81. The molecule has 116 valence electrons. The number of hydrogen-bond acceptors (Lipinski definition) is 3. The van der Waals surface area contributed by atoms with Gasteiger partial charge in [-0.2, -0.15) is 11.8 Å². The Morgan fingerprint density at radius 1 is 1.48 bits per heavy atom. The van der Waals surface area contributed by atoms with Crippen molar-refractivity contribution in [2.75, 3.05) is 24.4 Å². The maximum absolute atomic E-state index is 12.2. The molecular weight excluding hydrogens is 312 g/mol. The SMILES string of the molecule is CCC(CSC)N(C)C(=O)Nc1ccc(Cl)cc1C(=O)O. The summed E-state index contributed by atoms with van der Waals surface area (Å²) in [5.41, 5.74) is 0.213. The Balaban J connectivity index is 2.90. The molecule has 1 atom stereocenters. The monoisotopic (exact) mass is 330 g/mol. The number of anilines is 1. The minimum absolute atomic E-state index is 0.0258. The minimum atomic E-state index is -1.13. The second kappa shape index (κ2) is 8.14. The quantitative estimate of drug-likeness (QED) is 0.835. The third kappa shape index (κ3) is 4.82. The number of halogens is 1. The Hall–Kier alpha value is -1.40. The van der Waals surface area contributed by atoms with Crippen molar-refractivity contribution in [1.82, 2.24) is 4.90 Å². The van der Waals surface area contributed by atoms with Crippen LogP contribution in [-0.2, 0) is 0 Å². The van der Waals surface area contributed by atoms with Crippen molar-refractivity contribution in [1.29, 1.82) is 0 Å². The number of amides is 2. The molecule has 2 amide bonds. The molecule has 1 rings (SSSR count). The van der Waals surface area contributed by atoms with Gasteiger partial charge in [0.15, 0.2) is 0 Å². The molecule has 21 heavy (non-hydrogen) atoms. The third-order valence-electron chi connectivity index (χ3n) is 3.15. The van der Waals surface area contributed by atoms with Crippen LogP contribution >= 0.6 is 23.4 Å². The van der Waals surface area contributed by atoms with Crippen molar-refractivity contribution in [2.45, 2.75) is 19.4 Å². The first-order valence-corrected chi connectivity index (χ1v) is 8.23. The topological polar surface area (TPSA) is 69.6 Å². The van der Waals surface area contributed by atoms with Crippen molar-refractivity contribution < 1.29 is 14.7 Å². The number of rotatable bonds is 6. The van der Waals surface area contributed by atoms with Gasteiger partial charge in [0.1, 0.15) is 0 Å². The van der Waals surface area contributed by atoms with Crippen LogP contribution in [0.2, 0.25) is 5.02 Å². The summed E-state index contributed by atoms with van der Waals surface area (Å²) < 4.78 is 0. The lowest BCUT2D eigenvalue weighted by Crippen LogP contribution is -2.41. The van der Waals surface area contributed by atoms with Crippen molar-refractivity contribution in [3.05, 3.63) is 28.8 Å². The van der Waals surface area contributed by atoms with Crippen LogP contribution in [0, 0.1) is 0 Å². The fourth-order valence-corrected chi connectivity index (χ4v) is 2.88. The number of carbonyl (C=O) groups excluding carboxylic acids is 1. The van der Waals surface area contributed by atoms with E-state index in [0.29, 0.717) is 5.02 Å². The normalized spacial score (nSPS) is 11.8. The highest BCUT2D eigenvalue weighted by Crippen LogP contribution is 2.21. The highest BCUT2D eigenvalue weighted by Gasteiger charge is 2.20. The van der Waals surface area contributed by atoms with E-state index in [9.17, 15) is 9.59 Å². The van der Waals surface area contributed by atoms with Gasteiger partial charge < -0.3 is 15.3 Å². The average molecular weight is 331 g/mol. The van der Waals surface area contributed by atoms with Crippen LogP contribution in [0.4, 0.5) is 10.5 Å². The summed E-state index contributed by atoms with van der Waals surface area (Å²) in [5.74, 6) is -0.307. The molecule has 5 nitrogen and oxygen atoms in total. The second-order valence-corrected chi connectivity index (χ2v) is 5.90. The Morgan fingerprint density at radius 2 is 2.14 bits per heavy atom. The molecular formula is C14H19ClN2O3S. The van der Waals surface area contributed by atoms with Crippen LogP contribution in [0.5, 0.6) is 0 Å². The lowest BCUT2D eigenvalue weighted by molar-refractivity contribution is 0.0698. The van der Waals surface area contributed by atoms with E-state index < -0.39 is 5.97 Å². The van der Waals surface area contributed by atoms with Gasteiger partial charge in [-0.3, -0.25) is 0 Å². The third-order valence-corrected chi connectivity index (χ3v) is 4.11. The average Bonchev–Trinajstić information content (AvgIpc) is 2.45.